The molecule has 0 aromatic heterocycles. The number of allylic oxidation sites excluding steroid dienone is 1. The fourth-order valence-electron chi connectivity index (χ4n) is 2.66. The lowest BCUT2D eigenvalue weighted by Crippen LogP contribution is -2.08. The zero-order chi connectivity index (χ0) is 20.6. The summed E-state index contributed by atoms with van der Waals surface area (Å²) in [5, 5.41) is 0. The highest BCUT2D eigenvalue weighted by atomic mass is 16.5. The molecule has 0 spiro atoms. The topological polar surface area (TPSA) is 61.8 Å². The van der Waals surface area contributed by atoms with Crippen molar-refractivity contribution in [3.63, 3.8) is 0 Å². The molecule has 0 bridgehead atoms. The molecule has 0 amide bonds. The van der Waals surface area contributed by atoms with E-state index in [0.29, 0.717) is 28.4 Å². The molecule has 0 heterocycles. The number of carbonyl (C=O) groups is 2. The molecule has 0 aliphatic rings. The van der Waals surface area contributed by atoms with E-state index in [9.17, 15) is 9.59 Å². The minimum Gasteiger partial charge on any atom is -0.497 e. The Morgan fingerprint density at radius 3 is 2.10 bits per heavy atom. The maximum absolute atomic E-state index is 12.5. The molecular weight excluding hydrogens is 368 g/mol. The van der Waals surface area contributed by atoms with Crippen molar-refractivity contribution in [2.75, 3.05) is 14.2 Å². The lowest BCUT2D eigenvalue weighted by Gasteiger charge is -2.07. The molecule has 0 radical (unpaired) electrons. The van der Waals surface area contributed by atoms with Gasteiger partial charge in [-0.25, -0.2) is 4.79 Å². The second-order valence-electron chi connectivity index (χ2n) is 6.09. The number of esters is 1. The highest BCUT2D eigenvalue weighted by Gasteiger charge is 2.09. The van der Waals surface area contributed by atoms with Gasteiger partial charge in [-0.05, 0) is 66.7 Å². The molecule has 0 saturated heterocycles. The van der Waals surface area contributed by atoms with Crippen molar-refractivity contribution in [2.45, 2.75) is 0 Å². The molecular formula is C24H20O5. The summed E-state index contributed by atoms with van der Waals surface area (Å²) < 4.78 is 15.8. The van der Waals surface area contributed by atoms with Gasteiger partial charge in [-0.2, -0.15) is 0 Å². The van der Waals surface area contributed by atoms with Crippen molar-refractivity contribution in [3.8, 4) is 17.2 Å². The van der Waals surface area contributed by atoms with Gasteiger partial charge in [0.1, 0.15) is 17.2 Å². The van der Waals surface area contributed by atoms with Gasteiger partial charge in [0.05, 0.1) is 19.8 Å². The molecule has 3 aromatic rings. The number of hydrogen-bond donors (Lipinski definition) is 0. The highest BCUT2D eigenvalue weighted by molar-refractivity contribution is 6.07. The fourth-order valence-corrected chi connectivity index (χ4v) is 2.66. The van der Waals surface area contributed by atoms with Crippen LogP contribution in [0.2, 0.25) is 0 Å². The van der Waals surface area contributed by atoms with Crippen LogP contribution in [0.25, 0.3) is 6.08 Å². The van der Waals surface area contributed by atoms with E-state index in [2.05, 4.69) is 0 Å². The number of hydrogen-bond acceptors (Lipinski definition) is 5. The number of ether oxygens (including phenoxy) is 3. The number of methoxy groups -OCH3 is 2. The smallest absolute Gasteiger partial charge is 0.343 e. The Kier molecular flexibility index (Phi) is 6.43. The Morgan fingerprint density at radius 2 is 1.45 bits per heavy atom. The first-order valence-electron chi connectivity index (χ1n) is 8.92. The van der Waals surface area contributed by atoms with Crippen LogP contribution >= 0.6 is 0 Å². The quantitative estimate of drug-likeness (QED) is 0.251. The third kappa shape index (κ3) is 5.11. The molecule has 0 atom stereocenters. The minimum absolute atomic E-state index is 0.184. The van der Waals surface area contributed by atoms with Crippen molar-refractivity contribution in [1.29, 1.82) is 0 Å². The van der Waals surface area contributed by atoms with E-state index in [0.717, 1.165) is 5.56 Å². The predicted molar refractivity (Wildman–Crippen MR) is 111 cm³/mol. The van der Waals surface area contributed by atoms with E-state index in [1.165, 1.54) is 6.08 Å². The largest absolute Gasteiger partial charge is 0.497 e. The summed E-state index contributed by atoms with van der Waals surface area (Å²) in [4.78, 5) is 24.5. The van der Waals surface area contributed by atoms with Crippen molar-refractivity contribution in [1.82, 2.24) is 0 Å². The zero-order valence-electron chi connectivity index (χ0n) is 16.1. The second kappa shape index (κ2) is 9.37. The Hall–Kier alpha value is -3.86. The van der Waals surface area contributed by atoms with Gasteiger partial charge in [0.15, 0.2) is 5.78 Å². The summed E-state index contributed by atoms with van der Waals surface area (Å²) >= 11 is 0. The van der Waals surface area contributed by atoms with Crippen LogP contribution in [0.15, 0.2) is 78.9 Å². The van der Waals surface area contributed by atoms with Crippen molar-refractivity contribution in [2.24, 2.45) is 0 Å². The van der Waals surface area contributed by atoms with Gasteiger partial charge in [-0.3, -0.25) is 4.79 Å². The molecule has 0 aliphatic carbocycles. The van der Waals surface area contributed by atoms with Crippen LogP contribution in [0.1, 0.15) is 26.3 Å². The molecule has 29 heavy (non-hydrogen) atoms. The summed E-state index contributed by atoms with van der Waals surface area (Å²) in [5.74, 6) is 1.04. The SMILES string of the molecule is COc1ccc(OC)c(/C=C/C(=O)c2ccc(OC(=O)c3ccccc3)cc2)c1. The summed E-state index contributed by atoms with van der Waals surface area (Å²) in [5.41, 5.74) is 1.67. The molecule has 146 valence electrons. The standard InChI is InChI=1S/C24H20O5/c1-27-21-13-15-23(28-2)19(16-21)10-14-22(25)17-8-11-20(12-9-17)29-24(26)18-6-4-3-5-7-18/h3-16H,1-2H3/b14-10+. The van der Waals surface area contributed by atoms with E-state index in [1.54, 1.807) is 87.0 Å². The maximum Gasteiger partial charge on any atom is 0.343 e. The third-order valence-electron chi connectivity index (χ3n) is 4.21. The Labute approximate surface area is 169 Å². The molecule has 0 saturated carbocycles. The molecule has 0 unspecified atom stereocenters. The first kappa shape index (κ1) is 19.9. The number of benzene rings is 3. The molecule has 0 fully saturated rings. The number of carbonyl (C=O) groups excluding carboxylic acids is 2. The van der Waals surface area contributed by atoms with Gasteiger partial charge in [-0.15, -0.1) is 0 Å². The first-order valence-corrected chi connectivity index (χ1v) is 8.92. The number of ketones is 1. The molecule has 0 aliphatic heterocycles. The minimum atomic E-state index is -0.449. The normalized spacial score (nSPS) is 10.6. The van der Waals surface area contributed by atoms with Crippen LogP contribution < -0.4 is 14.2 Å². The van der Waals surface area contributed by atoms with Crippen molar-refractivity contribution in [3.05, 3.63) is 95.6 Å². The predicted octanol–water partition coefficient (Wildman–Crippen LogP) is 4.82. The van der Waals surface area contributed by atoms with E-state index >= 15 is 0 Å². The van der Waals surface area contributed by atoms with Crippen molar-refractivity contribution >= 4 is 17.8 Å². The summed E-state index contributed by atoms with van der Waals surface area (Å²) in [6.45, 7) is 0. The van der Waals surface area contributed by atoms with Gasteiger partial charge in [0.25, 0.3) is 0 Å². The highest BCUT2D eigenvalue weighted by Crippen LogP contribution is 2.25. The monoisotopic (exact) mass is 388 g/mol. The first-order chi connectivity index (χ1) is 14.1. The molecule has 5 heteroatoms. The number of rotatable bonds is 7. The van der Waals surface area contributed by atoms with E-state index in [4.69, 9.17) is 14.2 Å². The Bertz CT molecular complexity index is 1020. The van der Waals surface area contributed by atoms with Crippen LogP contribution in [-0.2, 0) is 0 Å². The van der Waals surface area contributed by atoms with Gasteiger partial charge in [-0.1, -0.05) is 18.2 Å². The lowest BCUT2D eigenvalue weighted by atomic mass is 10.1. The average Bonchev–Trinajstić information content (AvgIpc) is 2.78. The molecule has 3 rings (SSSR count). The molecule has 5 nitrogen and oxygen atoms in total. The summed E-state index contributed by atoms with van der Waals surface area (Å²) in [7, 11) is 3.14. The van der Waals surface area contributed by atoms with Crippen LogP contribution in [0.5, 0.6) is 17.2 Å². The molecule has 0 N–H and O–H groups in total. The van der Waals surface area contributed by atoms with Crippen LogP contribution in [-0.4, -0.2) is 26.0 Å². The van der Waals surface area contributed by atoms with Crippen LogP contribution in [0, 0.1) is 0 Å². The molecule has 3 aromatic carbocycles. The Morgan fingerprint density at radius 1 is 0.759 bits per heavy atom. The summed E-state index contributed by atoms with van der Waals surface area (Å²) in [6, 6.07) is 20.5. The van der Waals surface area contributed by atoms with Crippen molar-refractivity contribution < 1.29 is 23.8 Å². The van der Waals surface area contributed by atoms with Gasteiger partial charge in [0.2, 0.25) is 0 Å². The van der Waals surface area contributed by atoms with E-state index in [1.807, 2.05) is 6.07 Å². The van der Waals surface area contributed by atoms with Crippen LogP contribution in [0.4, 0.5) is 0 Å². The van der Waals surface area contributed by atoms with Gasteiger partial charge in [0, 0.05) is 11.1 Å². The summed E-state index contributed by atoms with van der Waals surface area (Å²) in [6.07, 6.45) is 3.13. The lowest BCUT2D eigenvalue weighted by molar-refractivity contribution is 0.0734. The zero-order valence-corrected chi connectivity index (χ0v) is 16.1. The Balaban J connectivity index is 1.69. The van der Waals surface area contributed by atoms with E-state index < -0.39 is 5.97 Å². The fraction of sp³-hybridized carbons (Fsp3) is 0.0833. The third-order valence-corrected chi connectivity index (χ3v) is 4.21. The van der Waals surface area contributed by atoms with Crippen LogP contribution in [0.3, 0.4) is 0 Å². The van der Waals surface area contributed by atoms with Gasteiger partial charge < -0.3 is 14.2 Å². The maximum atomic E-state index is 12.5. The van der Waals surface area contributed by atoms with Gasteiger partial charge >= 0.3 is 5.97 Å². The van der Waals surface area contributed by atoms with E-state index in [-0.39, 0.29) is 5.78 Å². The average molecular weight is 388 g/mol. The second-order valence-corrected chi connectivity index (χ2v) is 6.09.